The van der Waals surface area contributed by atoms with Gasteiger partial charge in [0.05, 0.1) is 5.39 Å². The van der Waals surface area contributed by atoms with Gasteiger partial charge in [-0.25, -0.2) is 4.98 Å². The highest BCUT2D eigenvalue weighted by Crippen LogP contribution is 2.29. The molecule has 2 heterocycles. The monoisotopic (exact) mass is 286 g/mol. The van der Waals surface area contributed by atoms with Crippen LogP contribution in [0.2, 0.25) is 0 Å². The minimum Gasteiger partial charge on any atom is -0.383 e. The van der Waals surface area contributed by atoms with E-state index in [9.17, 15) is 0 Å². The number of nitrogen functional groups attached to an aromatic ring is 2. The summed E-state index contributed by atoms with van der Waals surface area (Å²) in [4.78, 5) is 15.2. The van der Waals surface area contributed by atoms with Crippen LogP contribution in [-0.4, -0.2) is 28.0 Å². The van der Waals surface area contributed by atoms with Gasteiger partial charge >= 0.3 is 0 Å². The predicted octanol–water partition coefficient (Wildman–Crippen LogP) is 2.27. The number of hydrogen-bond acceptors (Lipinski definition) is 6. The number of nitrogens with zero attached hydrogens (tertiary/aromatic N) is 4. The lowest BCUT2D eigenvalue weighted by atomic mass is 9.94. The van der Waals surface area contributed by atoms with Crippen LogP contribution in [-0.2, 0) is 0 Å². The summed E-state index contributed by atoms with van der Waals surface area (Å²) >= 11 is 0. The molecule has 0 atom stereocenters. The van der Waals surface area contributed by atoms with Gasteiger partial charge in [-0.15, -0.1) is 0 Å². The zero-order valence-electron chi connectivity index (χ0n) is 12.6. The molecule has 0 radical (unpaired) electrons. The minimum absolute atomic E-state index is 0.171. The zero-order chi connectivity index (χ0) is 15.0. The maximum absolute atomic E-state index is 5.94. The highest BCUT2D eigenvalue weighted by molar-refractivity contribution is 5.90. The number of rotatable bonds is 2. The molecule has 6 nitrogen and oxygen atoms in total. The lowest BCUT2D eigenvalue weighted by Crippen LogP contribution is -2.34. The van der Waals surface area contributed by atoms with Crippen molar-refractivity contribution < 1.29 is 0 Å². The molecule has 0 bridgehead atoms. The van der Waals surface area contributed by atoms with E-state index in [0.717, 1.165) is 16.8 Å². The number of hydrogen-bond donors (Lipinski definition) is 2. The summed E-state index contributed by atoms with van der Waals surface area (Å²) in [7, 11) is 2.11. The number of nitrogens with two attached hydrogens (primary N) is 2. The van der Waals surface area contributed by atoms with Crippen LogP contribution < -0.4 is 16.4 Å². The van der Waals surface area contributed by atoms with Crippen LogP contribution in [0.5, 0.6) is 0 Å². The van der Waals surface area contributed by atoms with Gasteiger partial charge in [-0.3, -0.25) is 0 Å². The van der Waals surface area contributed by atoms with Crippen molar-refractivity contribution in [3.63, 3.8) is 0 Å². The number of aryl methyl sites for hydroxylation is 1. The molecule has 1 saturated carbocycles. The van der Waals surface area contributed by atoms with Crippen LogP contribution in [0.4, 0.5) is 17.6 Å². The largest absolute Gasteiger partial charge is 0.383 e. The van der Waals surface area contributed by atoms with Gasteiger partial charge in [0.2, 0.25) is 5.95 Å². The summed E-state index contributed by atoms with van der Waals surface area (Å²) in [6.45, 7) is 2.01. The molecule has 4 N–H and O–H groups in total. The highest BCUT2D eigenvalue weighted by Gasteiger charge is 2.20. The molecule has 2 aromatic rings. The average Bonchev–Trinajstić information content (AvgIpc) is 2.46. The standard InChI is InChI=1S/C15H22N6/c1-9-8-11(21(2)10-6-4-3-5-7-10)18-14-12(9)13(16)19-15(17)20-14/h8,10H,3-7H2,1-2H3,(H4,16,17,18,19,20). The normalized spacial score (nSPS) is 16.3. The lowest BCUT2D eigenvalue weighted by molar-refractivity contribution is 0.426. The van der Waals surface area contributed by atoms with Crippen molar-refractivity contribution in [3.05, 3.63) is 11.6 Å². The molecule has 1 aliphatic rings. The molecule has 0 unspecified atom stereocenters. The molecule has 1 fully saturated rings. The second kappa shape index (κ2) is 5.35. The van der Waals surface area contributed by atoms with Crippen molar-refractivity contribution in [2.24, 2.45) is 0 Å². The first-order valence-electron chi connectivity index (χ1n) is 7.49. The molecule has 0 saturated heterocycles. The van der Waals surface area contributed by atoms with Crippen molar-refractivity contribution in [2.45, 2.75) is 45.1 Å². The Labute approximate surface area is 124 Å². The Balaban J connectivity index is 2.03. The zero-order valence-corrected chi connectivity index (χ0v) is 12.6. The Morgan fingerprint density at radius 2 is 1.81 bits per heavy atom. The van der Waals surface area contributed by atoms with Crippen molar-refractivity contribution in [1.82, 2.24) is 15.0 Å². The molecule has 0 aromatic carbocycles. The molecular formula is C15H22N6. The van der Waals surface area contributed by atoms with Crippen LogP contribution in [0.3, 0.4) is 0 Å². The van der Waals surface area contributed by atoms with E-state index in [0.29, 0.717) is 17.5 Å². The molecular weight excluding hydrogens is 264 g/mol. The first kappa shape index (κ1) is 13.9. The van der Waals surface area contributed by atoms with Crippen LogP contribution >= 0.6 is 0 Å². The molecule has 3 rings (SSSR count). The van der Waals surface area contributed by atoms with E-state index in [1.54, 1.807) is 0 Å². The van der Waals surface area contributed by atoms with E-state index in [1.807, 2.05) is 6.92 Å². The van der Waals surface area contributed by atoms with Crippen molar-refractivity contribution in [2.75, 3.05) is 23.4 Å². The third-order valence-corrected chi connectivity index (χ3v) is 4.38. The topological polar surface area (TPSA) is 94.0 Å². The van der Waals surface area contributed by atoms with Crippen LogP contribution in [0.25, 0.3) is 11.0 Å². The van der Waals surface area contributed by atoms with E-state index >= 15 is 0 Å². The van der Waals surface area contributed by atoms with Gasteiger partial charge in [-0.2, -0.15) is 9.97 Å². The van der Waals surface area contributed by atoms with Crippen LogP contribution in [0, 0.1) is 6.92 Å². The maximum Gasteiger partial charge on any atom is 0.224 e. The van der Waals surface area contributed by atoms with Crippen molar-refractivity contribution in [3.8, 4) is 0 Å². The number of pyridine rings is 1. The first-order valence-corrected chi connectivity index (χ1v) is 7.49. The summed E-state index contributed by atoms with van der Waals surface area (Å²) < 4.78 is 0. The van der Waals surface area contributed by atoms with Gasteiger partial charge in [-0.1, -0.05) is 19.3 Å². The highest BCUT2D eigenvalue weighted by atomic mass is 15.2. The fourth-order valence-corrected chi connectivity index (χ4v) is 3.19. The SMILES string of the molecule is Cc1cc(N(C)C2CCCCC2)nc2nc(N)nc(N)c12. The van der Waals surface area contributed by atoms with Crippen LogP contribution in [0.15, 0.2) is 6.07 Å². The molecule has 6 heteroatoms. The van der Waals surface area contributed by atoms with Gasteiger partial charge in [0, 0.05) is 13.1 Å². The van der Waals surface area contributed by atoms with E-state index < -0.39 is 0 Å². The molecule has 0 aliphatic heterocycles. The Morgan fingerprint density at radius 1 is 1.10 bits per heavy atom. The minimum atomic E-state index is 0.171. The quantitative estimate of drug-likeness (QED) is 0.879. The first-order chi connectivity index (χ1) is 10.1. The van der Waals surface area contributed by atoms with E-state index in [-0.39, 0.29) is 5.95 Å². The van der Waals surface area contributed by atoms with Gasteiger partial charge in [0.1, 0.15) is 11.6 Å². The smallest absolute Gasteiger partial charge is 0.224 e. The van der Waals surface area contributed by atoms with Gasteiger partial charge in [0.25, 0.3) is 0 Å². The third-order valence-electron chi connectivity index (χ3n) is 4.38. The summed E-state index contributed by atoms with van der Waals surface area (Å²) in [6.07, 6.45) is 6.38. The lowest BCUT2D eigenvalue weighted by Gasteiger charge is -2.32. The molecule has 2 aromatic heterocycles. The second-order valence-electron chi connectivity index (χ2n) is 5.87. The second-order valence-corrected chi connectivity index (χ2v) is 5.87. The summed E-state index contributed by atoms with van der Waals surface area (Å²) in [5, 5.41) is 0.796. The van der Waals surface area contributed by atoms with Crippen LogP contribution in [0.1, 0.15) is 37.7 Å². The fourth-order valence-electron chi connectivity index (χ4n) is 3.19. The molecule has 112 valence electrons. The molecule has 21 heavy (non-hydrogen) atoms. The molecule has 0 amide bonds. The number of aromatic nitrogens is 3. The van der Waals surface area contributed by atoms with E-state index in [1.165, 1.54) is 32.1 Å². The molecule has 1 aliphatic carbocycles. The van der Waals surface area contributed by atoms with Gasteiger partial charge in [0.15, 0.2) is 5.65 Å². The maximum atomic E-state index is 5.94. The van der Waals surface area contributed by atoms with Crippen molar-refractivity contribution in [1.29, 1.82) is 0 Å². The van der Waals surface area contributed by atoms with Gasteiger partial charge < -0.3 is 16.4 Å². The van der Waals surface area contributed by atoms with E-state index in [2.05, 4.69) is 33.0 Å². The van der Waals surface area contributed by atoms with Gasteiger partial charge in [-0.05, 0) is 31.4 Å². The summed E-state index contributed by atoms with van der Waals surface area (Å²) in [5.74, 6) is 1.50. The average molecular weight is 286 g/mol. The fraction of sp³-hybridized carbons (Fsp3) is 0.533. The Hall–Kier alpha value is -2.11. The Kier molecular flexibility index (Phi) is 3.53. The summed E-state index contributed by atoms with van der Waals surface area (Å²) in [6, 6.07) is 2.62. The predicted molar refractivity (Wildman–Crippen MR) is 86.2 cm³/mol. The third kappa shape index (κ3) is 2.57. The number of fused-ring (bicyclic) bond motifs is 1. The van der Waals surface area contributed by atoms with Crippen molar-refractivity contribution >= 4 is 28.6 Å². The molecule has 0 spiro atoms. The van der Waals surface area contributed by atoms with E-state index in [4.69, 9.17) is 11.5 Å². The number of anilines is 3. The Bertz CT molecular complexity index is 663. The Morgan fingerprint density at radius 3 is 2.52 bits per heavy atom. The summed E-state index contributed by atoms with van der Waals surface area (Å²) in [5.41, 5.74) is 13.2.